The number of nitrogens with zero attached hydrogens (tertiary/aromatic N) is 3. The maximum absolute atomic E-state index is 9.94. The number of hydrogen-bond acceptors (Lipinski definition) is 6. The molecule has 3 aromatic rings. The van der Waals surface area contributed by atoms with Crippen molar-refractivity contribution >= 4 is 0 Å². The summed E-state index contributed by atoms with van der Waals surface area (Å²) in [7, 11) is 0. The Labute approximate surface area is 133 Å². The molecule has 0 unspecified atom stereocenters. The average Bonchev–Trinajstić information content (AvgIpc) is 3.04. The van der Waals surface area contributed by atoms with Crippen molar-refractivity contribution in [2.75, 3.05) is 6.54 Å². The van der Waals surface area contributed by atoms with Gasteiger partial charge in [-0.2, -0.15) is 4.98 Å². The molecule has 1 aliphatic rings. The van der Waals surface area contributed by atoms with Gasteiger partial charge in [0, 0.05) is 24.0 Å². The van der Waals surface area contributed by atoms with E-state index in [1.54, 1.807) is 18.2 Å². The van der Waals surface area contributed by atoms with Gasteiger partial charge in [-0.25, -0.2) is 0 Å². The van der Waals surface area contributed by atoms with Crippen molar-refractivity contribution in [2.24, 2.45) is 0 Å². The molecule has 0 radical (unpaired) electrons. The largest absolute Gasteiger partial charge is 0.507 e. The Hall–Kier alpha value is -2.73. The molecule has 0 saturated carbocycles. The van der Waals surface area contributed by atoms with Crippen molar-refractivity contribution in [2.45, 2.75) is 19.9 Å². The summed E-state index contributed by atoms with van der Waals surface area (Å²) in [5.74, 6) is 0.952. The lowest BCUT2D eigenvalue weighted by Gasteiger charge is -2.19. The molecular weight excluding hydrogens is 292 g/mol. The molecule has 0 aliphatic carbocycles. The smallest absolute Gasteiger partial charge is 0.261 e. The summed E-state index contributed by atoms with van der Waals surface area (Å²) >= 11 is 0. The molecule has 0 amide bonds. The highest BCUT2D eigenvalue weighted by Crippen LogP contribution is 2.32. The van der Waals surface area contributed by atoms with Crippen LogP contribution < -0.4 is 5.32 Å². The fraction of sp³-hybridized carbons (Fsp3) is 0.235. The number of benzene rings is 1. The summed E-state index contributed by atoms with van der Waals surface area (Å²) in [6, 6.07) is 6.93. The predicted molar refractivity (Wildman–Crippen MR) is 84.8 cm³/mol. The van der Waals surface area contributed by atoms with E-state index < -0.39 is 0 Å². The Bertz CT molecular complexity index is 873. The van der Waals surface area contributed by atoms with E-state index in [9.17, 15) is 5.11 Å². The van der Waals surface area contributed by atoms with Gasteiger partial charge in [-0.15, -0.1) is 0 Å². The highest BCUT2D eigenvalue weighted by molar-refractivity contribution is 5.68. The van der Waals surface area contributed by atoms with Crippen LogP contribution in [0.1, 0.15) is 16.8 Å². The zero-order valence-electron chi connectivity index (χ0n) is 12.7. The first-order valence-corrected chi connectivity index (χ1v) is 7.54. The van der Waals surface area contributed by atoms with Crippen LogP contribution >= 0.6 is 0 Å². The number of phenols is 1. The van der Waals surface area contributed by atoms with Gasteiger partial charge in [0.1, 0.15) is 5.75 Å². The van der Waals surface area contributed by atoms with Gasteiger partial charge in [0.25, 0.3) is 5.89 Å². The SMILES string of the molecule is Cc1ncc2c(c1-c1noc(-c3ccccc3O)n1)CCNC2. The molecule has 2 N–H and O–H groups in total. The number of aryl methyl sites for hydroxylation is 1. The molecular formula is C17H16N4O2. The second-order valence-electron chi connectivity index (χ2n) is 5.59. The molecule has 3 heterocycles. The lowest BCUT2D eigenvalue weighted by molar-refractivity contribution is 0.425. The van der Waals surface area contributed by atoms with Crippen LogP contribution in [0, 0.1) is 6.92 Å². The molecule has 23 heavy (non-hydrogen) atoms. The van der Waals surface area contributed by atoms with Crippen molar-refractivity contribution in [3.8, 4) is 28.6 Å². The monoisotopic (exact) mass is 308 g/mol. The number of nitrogens with one attached hydrogen (secondary N) is 1. The number of aromatic nitrogens is 3. The van der Waals surface area contributed by atoms with Crippen LogP contribution in [-0.2, 0) is 13.0 Å². The summed E-state index contributed by atoms with van der Waals surface area (Å²) in [6.45, 7) is 3.68. The van der Waals surface area contributed by atoms with E-state index in [2.05, 4.69) is 20.4 Å². The minimum atomic E-state index is 0.122. The summed E-state index contributed by atoms with van der Waals surface area (Å²) in [6.07, 6.45) is 2.82. The second kappa shape index (κ2) is 5.48. The minimum Gasteiger partial charge on any atom is -0.507 e. The lowest BCUT2D eigenvalue weighted by Crippen LogP contribution is -2.24. The molecule has 0 fully saturated rings. The van der Waals surface area contributed by atoms with Crippen molar-refractivity contribution < 1.29 is 9.63 Å². The minimum absolute atomic E-state index is 0.122. The summed E-state index contributed by atoms with van der Waals surface area (Å²) in [5, 5.41) is 17.4. The first-order valence-electron chi connectivity index (χ1n) is 7.54. The van der Waals surface area contributed by atoms with Crippen molar-refractivity contribution in [3.63, 3.8) is 0 Å². The molecule has 1 aliphatic heterocycles. The molecule has 0 spiro atoms. The van der Waals surface area contributed by atoms with Crippen molar-refractivity contribution in [3.05, 3.63) is 47.3 Å². The van der Waals surface area contributed by atoms with Gasteiger partial charge in [0.15, 0.2) is 0 Å². The van der Waals surface area contributed by atoms with E-state index in [1.165, 1.54) is 11.1 Å². The predicted octanol–water partition coefficient (Wildman–Crippen LogP) is 2.46. The van der Waals surface area contributed by atoms with E-state index in [1.807, 2.05) is 19.2 Å². The van der Waals surface area contributed by atoms with Gasteiger partial charge in [-0.3, -0.25) is 4.98 Å². The number of aromatic hydroxyl groups is 1. The fourth-order valence-electron chi connectivity index (χ4n) is 2.96. The maximum Gasteiger partial charge on any atom is 0.261 e. The number of phenolic OH excluding ortho intramolecular Hbond substituents is 1. The number of para-hydroxylation sites is 1. The Kier molecular flexibility index (Phi) is 3.31. The number of fused-ring (bicyclic) bond motifs is 1. The van der Waals surface area contributed by atoms with Gasteiger partial charge >= 0.3 is 0 Å². The summed E-state index contributed by atoms with van der Waals surface area (Å²) in [4.78, 5) is 8.94. The van der Waals surface area contributed by atoms with Crippen LogP contribution in [0.3, 0.4) is 0 Å². The number of hydrogen-bond donors (Lipinski definition) is 2. The Morgan fingerprint density at radius 2 is 2.13 bits per heavy atom. The molecule has 4 rings (SSSR count). The zero-order chi connectivity index (χ0) is 15.8. The van der Waals surface area contributed by atoms with Gasteiger partial charge < -0.3 is 14.9 Å². The summed E-state index contributed by atoms with van der Waals surface area (Å²) < 4.78 is 5.37. The van der Waals surface area contributed by atoms with Crippen LogP contribution in [0.4, 0.5) is 0 Å². The van der Waals surface area contributed by atoms with E-state index in [0.29, 0.717) is 17.3 Å². The lowest BCUT2D eigenvalue weighted by atomic mass is 9.95. The zero-order valence-corrected chi connectivity index (χ0v) is 12.7. The Morgan fingerprint density at radius 1 is 1.26 bits per heavy atom. The third-order valence-electron chi connectivity index (χ3n) is 4.12. The van der Waals surface area contributed by atoms with Crippen molar-refractivity contribution in [1.82, 2.24) is 20.4 Å². The van der Waals surface area contributed by atoms with Crippen LogP contribution in [0.15, 0.2) is 35.0 Å². The van der Waals surface area contributed by atoms with E-state index in [0.717, 1.165) is 30.8 Å². The van der Waals surface area contributed by atoms with Gasteiger partial charge in [-0.1, -0.05) is 17.3 Å². The molecule has 0 atom stereocenters. The van der Waals surface area contributed by atoms with Crippen LogP contribution in [-0.4, -0.2) is 26.8 Å². The maximum atomic E-state index is 9.94. The first-order chi connectivity index (χ1) is 11.2. The molecule has 1 aromatic carbocycles. The molecule has 0 saturated heterocycles. The van der Waals surface area contributed by atoms with Gasteiger partial charge in [0.05, 0.1) is 5.56 Å². The van der Waals surface area contributed by atoms with Crippen LogP contribution in [0.25, 0.3) is 22.8 Å². The standard InChI is InChI=1S/C17H16N4O2/c1-10-15(12-6-7-18-8-11(12)9-19-10)16-20-17(23-21-16)13-4-2-3-5-14(13)22/h2-5,9,18,22H,6-8H2,1H3. The van der Waals surface area contributed by atoms with Crippen molar-refractivity contribution in [1.29, 1.82) is 0 Å². The first kappa shape index (κ1) is 13.9. The van der Waals surface area contributed by atoms with Crippen LogP contribution in [0.5, 0.6) is 5.75 Å². The van der Waals surface area contributed by atoms with Gasteiger partial charge in [-0.05, 0) is 43.1 Å². The quantitative estimate of drug-likeness (QED) is 0.756. The Balaban J connectivity index is 1.83. The Morgan fingerprint density at radius 3 is 3.00 bits per heavy atom. The molecule has 2 aromatic heterocycles. The highest BCUT2D eigenvalue weighted by atomic mass is 16.5. The highest BCUT2D eigenvalue weighted by Gasteiger charge is 2.21. The molecule has 6 nitrogen and oxygen atoms in total. The number of rotatable bonds is 2. The van der Waals surface area contributed by atoms with E-state index in [-0.39, 0.29) is 5.75 Å². The van der Waals surface area contributed by atoms with Crippen LogP contribution in [0.2, 0.25) is 0 Å². The molecule has 116 valence electrons. The topological polar surface area (TPSA) is 84.1 Å². The number of pyridine rings is 1. The van der Waals surface area contributed by atoms with E-state index in [4.69, 9.17) is 4.52 Å². The average molecular weight is 308 g/mol. The molecule has 6 heteroatoms. The fourth-order valence-corrected chi connectivity index (χ4v) is 2.96. The van der Waals surface area contributed by atoms with E-state index >= 15 is 0 Å². The molecule has 0 bridgehead atoms. The normalized spacial score (nSPS) is 13.8. The summed E-state index contributed by atoms with van der Waals surface area (Å²) in [5.41, 5.74) is 4.75. The second-order valence-corrected chi connectivity index (χ2v) is 5.59. The third-order valence-corrected chi connectivity index (χ3v) is 4.12. The van der Waals surface area contributed by atoms with Gasteiger partial charge in [0.2, 0.25) is 5.82 Å². The third kappa shape index (κ3) is 2.37.